The third-order valence-electron chi connectivity index (χ3n) is 3.94. The summed E-state index contributed by atoms with van der Waals surface area (Å²) in [6, 6.07) is 6.83. The molecule has 0 aliphatic rings. The van der Waals surface area contributed by atoms with Crippen molar-refractivity contribution >= 4 is 29.3 Å². The Morgan fingerprint density at radius 2 is 1.64 bits per heavy atom. The van der Waals surface area contributed by atoms with Crippen molar-refractivity contribution in [2.75, 3.05) is 0 Å². The molecule has 1 aromatic carbocycles. The Hall–Kier alpha value is -3.00. The van der Waals surface area contributed by atoms with E-state index in [4.69, 9.17) is 17.3 Å². The Morgan fingerprint density at radius 3 is 2.18 bits per heavy atom. The molecule has 0 unspecified atom stereocenters. The average molecular weight is 407 g/mol. The second kappa shape index (κ2) is 9.80. The van der Waals surface area contributed by atoms with E-state index in [2.05, 4.69) is 15.6 Å². The molecule has 7 nitrogen and oxygen atoms in total. The summed E-state index contributed by atoms with van der Waals surface area (Å²) in [4.78, 5) is 39.8. The number of amides is 3. The van der Waals surface area contributed by atoms with Crippen molar-refractivity contribution in [2.45, 2.75) is 31.8 Å². The lowest BCUT2D eigenvalue weighted by Crippen LogP contribution is -2.54. The number of hydrogen-bond donors (Lipinski definition) is 3. The molecule has 2 atom stereocenters. The third kappa shape index (κ3) is 6.62. The number of halogens is 2. The summed E-state index contributed by atoms with van der Waals surface area (Å²) >= 11 is 5.74. The Kier molecular flexibility index (Phi) is 7.45. The lowest BCUT2D eigenvalue weighted by Gasteiger charge is -2.21. The molecule has 0 spiro atoms. The van der Waals surface area contributed by atoms with Crippen LogP contribution in [0.15, 0.2) is 42.6 Å². The van der Waals surface area contributed by atoms with Crippen LogP contribution in [-0.4, -0.2) is 34.8 Å². The summed E-state index contributed by atoms with van der Waals surface area (Å²) in [6.07, 6.45) is 1.72. The molecule has 9 heteroatoms. The summed E-state index contributed by atoms with van der Waals surface area (Å²) in [7, 11) is 0. The molecule has 0 saturated heterocycles. The van der Waals surface area contributed by atoms with Crippen LogP contribution in [0.2, 0.25) is 5.15 Å². The minimum Gasteiger partial charge on any atom is -0.368 e. The number of nitrogens with one attached hydrogen (secondary N) is 2. The van der Waals surface area contributed by atoms with Gasteiger partial charge in [-0.15, -0.1) is 0 Å². The zero-order valence-corrected chi connectivity index (χ0v) is 15.9. The number of nitrogens with zero attached hydrogens (tertiary/aromatic N) is 1. The van der Waals surface area contributed by atoms with Gasteiger partial charge < -0.3 is 16.4 Å². The van der Waals surface area contributed by atoms with E-state index in [1.165, 1.54) is 37.4 Å². The maximum atomic E-state index is 13.1. The van der Waals surface area contributed by atoms with Crippen LogP contribution in [-0.2, 0) is 27.2 Å². The quantitative estimate of drug-likeness (QED) is 0.570. The summed E-state index contributed by atoms with van der Waals surface area (Å²) in [5, 5.41) is 5.38. The van der Waals surface area contributed by atoms with E-state index in [0.29, 0.717) is 16.3 Å². The number of nitrogens with two attached hydrogens (primary N) is 1. The van der Waals surface area contributed by atoms with Crippen molar-refractivity contribution < 1.29 is 18.8 Å². The van der Waals surface area contributed by atoms with Gasteiger partial charge in [-0.25, -0.2) is 9.37 Å². The number of carbonyl (C=O) groups excluding carboxylic acids is 3. The Labute approximate surface area is 166 Å². The van der Waals surface area contributed by atoms with Gasteiger partial charge in [0, 0.05) is 26.0 Å². The molecule has 148 valence electrons. The van der Waals surface area contributed by atoms with Crippen molar-refractivity contribution in [3.8, 4) is 0 Å². The highest BCUT2D eigenvalue weighted by molar-refractivity contribution is 6.29. The lowest BCUT2D eigenvalue weighted by atomic mass is 10.0. The van der Waals surface area contributed by atoms with Crippen LogP contribution >= 0.6 is 11.6 Å². The normalized spacial score (nSPS) is 12.7. The SMILES string of the molecule is CC(=O)N[C@H](Cc1ccc(F)cc1)C(=O)N[C@H](Cc1ccc(Cl)nc1)C(N)=O. The first-order chi connectivity index (χ1) is 13.2. The van der Waals surface area contributed by atoms with Gasteiger partial charge in [0.05, 0.1) is 0 Å². The van der Waals surface area contributed by atoms with E-state index in [9.17, 15) is 18.8 Å². The molecular formula is C19H20ClFN4O3. The van der Waals surface area contributed by atoms with Gasteiger partial charge >= 0.3 is 0 Å². The molecule has 0 radical (unpaired) electrons. The van der Waals surface area contributed by atoms with E-state index in [0.717, 1.165) is 0 Å². The molecule has 0 saturated carbocycles. The van der Waals surface area contributed by atoms with Crippen LogP contribution in [0.25, 0.3) is 0 Å². The van der Waals surface area contributed by atoms with Crippen molar-refractivity contribution in [1.82, 2.24) is 15.6 Å². The monoisotopic (exact) mass is 406 g/mol. The number of pyridine rings is 1. The predicted octanol–water partition coefficient (Wildman–Crippen LogP) is 1.13. The smallest absolute Gasteiger partial charge is 0.243 e. The largest absolute Gasteiger partial charge is 0.368 e. The minimum atomic E-state index is -1.00. The molecule has 2 aromatic rings. The van der Waals surface area contributed by atoms with E-state index >= 15 is 0 Å². The van der Waals surface area contributed by atoms with Gasteiger partial charge in [0.25, 0.3) is 0 Å². The van der Waals surface area contributed by atoms with Crippen LogP contribution in [0.4, 0.5) is 4.39 Å². The Bertz CT molecular complexity index is 843. The van der Waals surface area contributed by atoms with Crippen LogP contribution in [0.3, 0.4) is 0 Å². The second-order valence-corrected chi connectivity index (χ2v) is 6.63. The number of aromatic nitrogens is 1. The molecule has 2 rings (SSSR count). The number of rotatable bonds is 8. The molecule has 4 N–H and O–H groups in total. The van der Waals surface area contributed by atoms with Gasteiger partial charge in [-0.1, -0.05) is 29.8 Å². The van der Waals surface area contributed by atoms with Gasteiger partial charge in [-0.2, -0.15) is 0 Å². The van der Waals surface area contributed by atoms with Crippen LogP contribution in [0.1, 0.15) is 18.1 Å². The van der Waals surface area contributed by atoms with Crippen molar-refractivity contribution in [3.05, 3.63) is 64.7 Å². The zero-order chi connectivity index (χ0) is 20.7. The molecule has 3 amide bonds. The van der Waals surface area contributed by atoms with E-state index < -0.39 is 35.6 Å². The maximum Gasteiger partial charge on any atom is 0.243 e. The summed E-state index contributed by atoms with van der Waals surface area (Å²) in [5.74, 6) is -2.13. The number of primary amides is 1. The number of hydrogen-bond acceptors (Lipinski definition) is 4. The molecule has 28 heavy (non-hydrogen) atoms. The highest BCUT2D eigenvalue weighted by atomic mass is 35.5. The van der Waals surface area contributed by atoms with Crippen LogP contribution in [0.5, 0.6) is 0 Å². The summed E-state index contributed by atoms with van der Waals surface area (Å²) < 4.78 is 13.1. The van der Waals surface area contributed by atoms with Crippen LogP contribution in [0, 0.1) is 5.82 Å². The fourth-order valence-electron chi connectivity index (χ4n) is 2.57. The fraction of sp³-hybridized carbons (Fsp3) is 0.263. The van der Waals surface area contributed by atoms with Crippen LogP contribution < -0.4 is 16.4 Å². The van der Waals surface area contributed by atoms with E-state index in [1.54, 1.807) is 12.1 Å². The third-order valence-corrected chi connectivity index (χ3v) is 4.16. The molecule has 0 aliphatic heterocycles. The van der Waals surface area contributed by atoms with Crippen molar-refractivity contribution in [2.24, 2.45) is 5.73 Å². The highest BCUT2D eigenvalue weighted by Gasteiger charge is 2.25. The molecule has 0 aliphatic carbocycles. The average Bonchev–Trinajstić information content (AvgIpc) is 2.63. The topological polar surface area (TPSA) is 114 Å². The number of benzene rings is 1. The minimum absolute atomic E-state index is 0.120. The first kappa shape index (κ1) is 21.3. The highest BCUT2D eigenvalue weighted by Crippen LogP contribution is 2.09. The standard InChI is InChI=1S/C19H20ClFN4O3/c1-11(26)24-16(8-12-2-5-14(21)6-3-12)19(28)25-15(18(22)27)9-13-4-7-17(20)23-10-13/h2-7,10,15-16H,8-9H2,1H3,(H2,22,27)(H,24,26)(H,25,28)/t15-,16-/m1/s1. The van der Waals surface area contributed by atoms with E-state index in [-0.39, 0.29) is 12.8 Å². The lowest BCUT2D eigenvalue weighted by molar-refractivity contribution is -0.130. The summed E-state index contributed by atoms with van der Waals surface area (Å²) in [6.45, 7) is 1.27. The molecule has 0 fully saturated rings. The molecule has 1 aromatic heterocycles. The molecule has 0 bridgehead atoms. The van der Waals surface area contributed by atoms with Crippen molar-refractivity contribution in [1.29, 1.82) is 0 Å². The zero-order valence-electron chi connectivity index (χ0n) is 15.1. The molecule has 1 heterocycles. The van der Waals surface area contributed by atoms with Crippen molar-refractivity contribution in [3.63, 3.8) is 0 Å². The predicted molar refractivity (Wildman–Crippen MR) is 102 cm³/mol. The molecular weight excluding hydrogens is 387 g/mol. The van der Waals surface area contributed by atoms with Gasteiger partial charge in [0.1, 0.15) is 23.1 Å². The first-order valence-electron chi connectivity index (χ1n) is 8.46. The maximum absolute atomic E-state index is 13.1. The summed E-state index contributed by atoms with van der Waals surface area (Å²) in [5.41, 5.74) is 6.71. The van der Waals surface area contributed by atoms with Gasteiger partial charge in [0.15, 0.2) is 0 Å². The Morgan fingerprint density at radius 1 is 1.04 bits per heavy atom. The van der Waals surface area contributed by atoms with Gasteiger partial charge in [-0.3, -0.25) is 14.4 Å². The van der Waals surface area contributed by atoms with Gasteiger partial charge in [0.2, 0.25) is 17.7 Å². The van der Waals surface area contributed by atoms with E-state index in [1.807, 2.05) is 0 Å². The Balaban J connectivity index is 2.11. The first-order valence-corrected chi connectivity index (χ1v) is 8.84. The fourth-order valence-corrected chi connectivity index (χ4v) is 2.68. The number of carbonyl (C=O) groups is 3. The van der Waals surface area contributed by atoms with Gasteiger partial charge in [-0.05, 0) is 29.3 Å². The second-order valence-electron chi connectivity index (χ2n) is 6.24.